The van der Waals surface area contributed by atoms with Crippen molar-refractivity contribution in [1.82, 2.24) is 0 Å². The van der Waals surface area contributed by atoms with Gasteiger partial charge in [0.1, 0.15) is 0 Å². The highest BCUT2D eigenvalue weighted by Gasteiger charge is 2.20. The Morgan fingerprint density at radius 3 is 2.54 bits per heavy atom. The molecule has 1 aromatic rings. The van der Waals surface area contributed by atoms with Crippen LogP contribution in [0.5, 0.6) is 0 Å². The normalized spacial score (nSPS) is 16.1. The van der Waals surface area contributed by atoms with E-state index in [0.717, 1.165) is 19.1 Å². The van der Waals surface area contributed by atoms with Crippen LogP contribution in [0.3, 0.4) is 0 Å². The van der Waals surface area contributed by atoms with Crippen LogP contribution in [0.4, 0.5) is 0 Å². The molecule has 0 saturated heterocycles. The van der Waals surface area contributed by atoms with Crippen LogP contribution in [0, 0.1) is 9.49 Å². The smallest absolute Gasteiger partial charge is 0.0717 e. The van der Waals surface area contributed by atoms with Crippen molar-refractivity contribution in [2.45, 2.75) is 19.4 Å². The third kappa shape index (κ3) is 3.27. The van der Waals surface area contributed by atoms with E-state index in [0.29, 0.717) is 0 Å². The van der Waals surface area contributed by atoms with Crippen LogP contribution >= 0.6 is 22.6 Å². The van der Waals surface area contributed by atoms with Crippen LogP contribution in [-0.2, 0) is 11.3 Å². The van der Waals surface area contributed by atoms with Crippen LogP contribution in [0.1, 0.15) is 18.4 Å². The Morgan fingerprint density at radius 2 is 1.92 bits per heavy atom. The fraction of sp³-hybridized carbons (Fsp3) is 0.455. The van der Waals surface area contributed by atoms with Gasteiger partial charge in [0.25, 0.3) is 0 Å². The summed E-state index contributed by atoms with van der Waals surface area (Å²) in [6, 6.07) is 8.51. The lowest BCUT2D eigenvalue weighted by atomic mass is 10.2. The van der Waals surface area contributed by atoms with E-state index in [1.165, 1.54) is 22.0 Å². The molecule has 0 amide bonds. The van der Waals surface area contributed by atoms with Gasteiger partial charge >= 0.3 is 0 Å². The molecule has 0 N–H and O–H groups in total. The fourth-order valence-corrected chi connectivity index (χ4v) is 1.57. The molecule has 0 heterocycles. The minimum absolute atomic E-state index is 0.771. The maximum absolute atomic E-state index is 5.58. The van der Waals surface area contributed by atoms with Crippen molar-refractivity contribution < 1.29 is 4.74 Å². The number of ether oxygens (including phenoxy) is 1. The van der Waals surface area contributed by atoms with Gasteiger partial charge in [-0.1, -0.05) is 12.1 Å². The summed E-state index contributed by atoms with van der Waals surface area (Å²) in [4.78, 5) is 0. The zero-order valence-corrected chi connectivity index (χ0v) is 9.66. The van der Waals surface area contributed by atoms with Crippen molar-refractivity contribution in [3.8, 4) is 0 Å². The molecule has 1 aliphatic carbocycles. The molecule has 1 aliphatic rings. The fourth-order valence-electron chi connectivity index (χ4n) is 1.21. The lowest BCUT2D eigenvalue weighted by Crippen LogP contribution is -1.96. The van der Waals surface area contributed by atoms with Crippen molar-refractivity contribution in [3.05, 3.63) is 33.4 Å². The lowest BCUT2D eigenvalue weighted by molar-refractivity contribution is 0.111. The Labute approximate surface area is 92.6 Å². The SMILES string of the molecule is Ic1ccc(COCC2CC2)cc1. The Kier molecular flexibility index (Phi) is 3.22. The average Bonchev–Trinajstić information content (AvgIpc) is 2.92. The van der Waals surface area contributed by atoms with Crippen LogP contribution in [0.2, 0.25) is 0 Å². The summed E-state index contributed by atoms with van der Waals surface area (Å²) in [6.45, 7) is 1.72. The summed E-state index contributed by atoms with van der Waals surface area (Å²) in [6.07, 6.45) is 2.74. The molecule has 1 nitrogen and oxygen atoms in total. The van der Waals surface area contributed by atoms with Gasteiger partial charge in [0, 0.05) is 10.2 Å². The Morgan fingerprint density at radius 1 is 1.23 bits per heavy atom. The van der Waals surface area contributed by atoms with Gasteiger partial charge in [0.05, 0.1) is 6.61 Å². The standard InChI is InChI=1S/C11H13IO/c12-11-5-3-10(4-6-11)8-13-7-9-1-2-9/h3-6,9H,1-2,7-8H2. The van der Waals surface area contributed by atoms with Gasteiger partial charge in [-0.25, -0.2) is 0 Å². The van der Waals surface area contributed by atoms with Gasteiger partial charge in [0.2, 0.25) is 0 Å². The predicted octanol–water partition coefficient (Wildman–Crippen LogP) is 3.22. The lowest BCUT2D eigenvalue weighted by Gasteiger charge is -2.02. The molecule has 0 spiro atoms. The zero-order valence-electron chi connectivity index (χ0n) is 7.50. The summed E-state index contributed by atoms with van der Waals surface area (Å²) in [5.41, 5.74) is 1.28. The number of hydrogen-bond donors (Lipinski definition) is 0. The summed E-state index contributed by atoms with van der Waals surface area (Å²) in [5.74, 6) is 0.865. The molecule has 1 saturated carbocycles. The van der Waals surface area contributed by atoms with E-state index >= 15 is 0 Å². The molecular formula is C11H13IO. The number of benzene rings is 1. The molecule has 0 aliphatic heterocycles. The molecule has 1 aromatic carbocycles. The second-order valence-corrected chi connectivity index (χ2v) is 4.83. The van der Waals surface area contributed by atoms with Crippen LogP contribution in [-0.4, -0.2) is 6.61 Å². The molecule has 0 radical (unpaired) electrons. The molecule has 70 valence electrons. The first-order chi connectivity index (χ1) is 6.34. The van der Waals surface area contributed by atoms with Crippen molar-refractivity contribution >= 4 is 22.6 Å². The van der Waals surface area contributed by atoms with Gasteiger partial charge in [-0.15, -0.1) is 0 Å². The summed E-state index contributed by atoms with van der Waals surface area (Å²) >= 11 is 2.31. The quantitative estimate of drug-likeness (QED) is 0.773. The maximum atomic E-state index is 5.58. The molecular weight excluding hydrogens is 275 g/mol. The third-order valence-electron chi connectivity index (χ3n) is 2.23. The first-order valence-corrected chi connectivity index (χ1v) is 5.74. The minimum Gasteiger partial charge on any atom is -0.376 e. The van der Waals surface area contributed by atoms with Gasteiger partial charge in [0.15, 0.2) is 0 Å². The molecule has 0 aromatic heterocycles. The van der Waals surface area contributed by atoms with Crippen molar-refractivity contribution in [2.24, 2.45) is 5.92 Å². The predicted molar refractivity (Wildman–Crippen MR) is 61.5 cm³/mol. The van der Waals surface area contributed by atoms with Crippen molar-refractivity contribution in [1.29, 1.82) is 0 Å². The topological polar surface area (TPSA) is 9.23 Å². The van der Waals surface area contributed by atoms with Gasteiger partial charge in [-0.2, -0.15) is 0 Å². The third-order valence-corrected chi connectivity index (χ3v) is 2.95. The number of rotatable bonds is 4. The van der Waals surface area contributed by atoms with E-state index in [9.17, 15) is 0 Å². The highest BCUT2D eigenvalue weighted by atomic mass is 127. The monoisotopic (exact) mass is 288 g/mol. The van der Waals surface area contributed by atoms with E-state index in [2.05, 4.69) is 46.9 Å². The number of halogens is 1. The molecule has 2 rings (SSSR count). The van der Waals surface area contributed by atoms with Gasteiger partial charge in [-0.05, 0) is 59.0 Å². The molecule has 2 heteroatoms. The van der Waals surface area contributed by atoms with Crippen molar-refractivity contribution in [3.63, 3.8) is 0 Å². The van der Waals surface area contributed by atoms with Crippen LogP contribution in [0.25, 0.3) is 0 Å². The van der Waals surface area contributed by atoms with Crippen LogP contribution < -0.4 is 0 Å². The van der Waals surface area contributed by atoms with E-state index < -0.39 is 0 Å². The first-order valence-electron chi connectivity index (χ1n) is 4.67. The van der Waals surface area contributed by atoms with Crippen molar-refractivity contribution in [2.75, 3.05) is 6.61 Å². The maximum Gasteiger partial charge on any atom is 0.0717 e. The van der Waals surface area contributed by atoms with Crippen LogP contribution in [0.15, 0.2) is 24.3 Å². The minimum atomic E-state index is 0.771. The Hall–Kier alpha value is -0.0900. The zero-order chi connectivity index (χ0) is 9.10. The number of hydrogen-bond acceptors (Lipinski definition) is 1. The molecule has 0 unspecified atom stereocenters. The first kappa shape index (κ1) is 9.46. The summed E-state index contributed by atoms with van der Waals surface area (Å²) in [5, 5.41) is 0. The molecule has 13 heavy (non-hydrogen) atoms. The molecule has 0 atom stereocenters. The van der Waals surface area contributed by atoms with Gasteiger partial charge in [-0.3, -0.25) is 0 Å². The Bertz CT molecular complexity index is 264. The summed E-state index contributed by atoms with van der Waals surface area (Å²) in [7, 11) is 0. The summed E-state index contributed by atoms with van der Waals surface area (Å²) < 4.78 is 6.86. The van der Waals surface area contributed by atoms with E-state index in [1.807, 2.05) is 0 Å². The second kappa shape index (κ2) is 4.42. The Balaban J connectivity index is 1.76. The van der Waals surface area contributed by atoms with E-state index in [4.69, 9.17) is 4.74 Å². The van der Waals surface area contributed by atoms with Gasteiger partial charge < -0.3 is 4.74 Å². The molecule has 0 bridgehead atoms. The largest absolute Gasteiger partial charge is 0.376 e. The molecule has 1 fully saturated rings. The van der Waals surface area contributed by atoms with E-state index in [1.54, 1.807) is 0 Å². The van der Waals surface area contributed by atoms with E-state index in [-0.39, 0.29) is 0 Å². The highest BCUT2D eigenvalue weighted by molar-refractivity contribution is 14.1. The second-order valence-electron chi connectivity index (χ2n) is 3.58. The highest BCUT2D eigenvalue weighted by Crippen LogP contribution is 2.29. The average molecular weight is 288 g/mol.